The molecule has 0 unspecified atom stereocenters. The number of ether oxygens (including phenoxy) is 1. The molecular weight excluding hydrogens is 400 g/mol. The summed E-state index contributed by atoms with van der Waals surface area (Å²) in [5.41, 5.74) is 2.69. The fourth-order valence-corrected chi connectivity index (χ4v) is 2.96. The number of rotatable bonds is 7. The van der Waals surface area contributed by atoms with Gasteiger partial charge in [-0.25, -0.2) is 9.59 Å². The van der Waals surface area contributed by atoms with Crippen LogP contribution >= 0.6 is 0 Å². The van der Waals surface area contributed by atoms with E-state index < -0.39 is 30.4 Å². The third-order valence-corrected chi connectivity index (χ3v) is 4.67. The lowest BCUT2D eigenvalue weighted by Crippen LogP contribution is -2.45. The van der Waals surface area contributed by atoms with Gasteiger partial charge in [-0.05, 0) is 43.2 Å². The quantitative estimate of drug-likeness (QED) is 0.431. The molecule has 3 rings (SSSR count). The molecule has 0 aliphatic carbocycles. The number of amides is 2. The predicted octanol–water partition coefficient (Wildman–Crippen LogP) is 2.10. The smallest absolute Gasteiger partial charge is 0.329 e. The molecule has 1 atom stereocenters. The van der Waals surface area contributed by atoms with Crippen LogP contribution in [-0.4, -0.2) is 40.4 Å². The molecule has 0 radical (unpaired) electrons. The van der Waals surface area contributed by atoms with Gasteiger partial charge in [0.15, 0.2) is 6.61 Å². The number of nitrogens with one attached hydrogen (secondary N) is 4. The Balaban J connectivity index is 1.57. The van der Waals surface area contributed by atoms with Crippen LogP contribution in [0.1, 0.15) is 29.8 Å². The highest BCUT2D eigenvalue weighted by molar-refractivity contribution is 5.98. The van der Waals surface area contributed by atoms with Gasteiger partial charge >= 0.3 is 11.7 Å². The van der Waals surface area contributed by atoms with Crippen molar-refractivity contribution in [3.8, 4) is 0 Å². The van der Waals surface area contributed by atoms with Crippen molar-refractivity contribution < 1.29 is 19.1 Å². The van der Waals surface area contributed by atoms with Crippen LogP contribution in [0.3, 0.4) is 0 Å². The molecule has 4 N–H and O–H groups in total. The molecule has 162 valence electrons. The average Bonchev–Trinajstić information content (AvgIpc) is 3.09. The number of esters is 1. The van der Waals surface area contributed by atoms with Crippen molar-refractivity contribution in [1.29, 1.82) is 0 Å². The SMILES string of the molecule is Cc1ccc(C(=O)N[C@H](C(=O)OCC(=O)Nc2ccc3[nH]c(=O)[nH]c3c2)C(C)C)cc1. The van der Waals surface area contributed by atoms with E-state index in [2.05, 4.69) is 20.6 Å². The highest BCUT2D eigenvalue weighted by atomic mass is 16.5. The van der Waals surface area contributed by atoms with Crippen LogP contribution in [0.2, 0.25) is 0 Å². The number of imidazole rings is 1. The maximum absolute atomic E-state index is 12.5. The van der Waals surface area contributed by atoms with E-state index in [0.29, 0.717) is 22.3 Å². The number of carbonyl (C=O) groups excluding carboxylic acids is 3. The molecule has 2 amide bonds. The minimum atomic E-state index is -0.900. The van der Waals surface area contributed by atoms with Crippen LogP contribution in [0.15, 0.2) is 47.3 Å². The predicted molar refractivity (Wildman–Crippen MR) is 116 cm³/mol. The fourth-order valence-electron chi connectivity index (χ4n) is 2.96. The summed E-state index contributed by atoms with van der Waals surface area (Å²) in [6, 6.07) is 10.9. The van der Waals surface area contributed by atoms with E-state index in [9.17, 15) is 19.2 Å². The molecule has 0 spiro atoms. The molecule has 0 saturated heterocycles. The minimum Gasteiger partial charge on any atom is -0.454 e. The summed E-state index contributed by atoms with van der Waals surface area (Å²) in [6.45, 7) is 4.95. The molecule has 0 aliphatic heterocycles. The molecule has 1 heterocycles. The van der Waals surface area contributed by atoms with Crippen molar-refractivity contribution in [3.63, 3.8) is 0 Å². The van der Waals surface area contributed by atoms with Gasteiger partial charge in [0.2, 0.25) is 0 Å². The summed E-state index contributed by atoms with van der Waals surface area (Å²) >= 11 is 0. The van der Waals surface area contributed by atoms with Crippen molar-refractivity contribution in [2.45, 2.75) is 26.8 Å². The van der Waals surface area contributed by atoms with Crippen molar-refractivity contribution in [2.24, 2.45) is 5.92 Å². The molecule has 0 bridgehead atoms. The van der Waals surface area contributed by atoms with E-state index in [1.165, 1.54) is 0 Å². The number of carbonyl (C=O) groups is 3. The molecule has 0 fully saturated rings. The lowest BCUT2D eigenvalue weighted by molar-refractivity contribution is -0.150. The van der Waals surface area contributed by atoms with E-state index in [4.69, 9.17) is 4.74 Å². The zero-order valence-electron chi connectivity index (χ0n) is 17.4. The zero-order valence-corrected chi connectivity index (χ0v) is 17.4. The number of hydrogen-bond acceptors (Lipinski definition) is 5. The number of benzene rings is 2. The third kappa shape index (κ3) is 5.59. The Bertz CT molecular complexity index is 1160. The van der Waals surface area contributed by atoms with Gasteiger partial charge in [0.25, 0.3) is 11.8 Å². The molecule has 0 aliphatic rings. The normalized spacial score (nSPS) is 11.9. The number of hydrogen-bond donors (Lipinski definition) is 4. The monoisotopic (exact) mass is 424 g/mol. The second-order valence-electron chi connectivity index (χ2n) is 7.56. The van der Waals surface area contributed by atoms with E-state index in [-0.39, 0.29) is 11.6 Å². The first-order chi connectivity index (χ1) is 14.7. The van der Waals surface area contributed by atoms with Crippen molar-refractivity contribution in [1.82, 2.24) is 15.3 Å². The van der Waals surface area contributed by atoms with Crippen LogP contribution < -0.4 is 16.3 Å². The number of H-pyrrole nitrogens is 2. The van der Waals surface area contributed by atoms with Crippen LogP contribution in [0, 0.1) is 12.8 Å². The molecule has 31 heavy (non-hydrogen) atoms. The van der Waals surface area contributed by atoms with Crippen LogP contribution in [0.5, 0.6) is 0 Å². The number of aromatic amines is 2. The van der Waals surface area contributed by atoms with Crippen molar-refractivity contribution >= 4 is 34.5 Å². The van der Waals surface area contributed by atoms with Gasteiger partial charge in [-0.15, -0.1) is 0 Å². The Labute approximate surface area is 178 Å². The van der Waals surface area contributed by atoms with E-state index in [1.54, 1.807) is 44.2 Å². The maximum atomic E-state index is 12.5. The van der Waals surface area contributed by atoms with Gasteiger partial charge in [-0.1, -0.05) is 31.5 Å². The summed E-state index contributed by atoms with van der Waals surface area (Å²) in [5.74, 6) is -1.87. The van der Waals surface area contributed by atoms with Crippen molar-refractivity contribution in [2.75, 3.05) is 11.9 Å². The second-order valence-corrected chi connectivity index (χ2v) is 7.56. The number of anilines is 1. The lowest BCUT2D eigenvalue weighted by Gasteiger charge is -2.20. The van der Waals surface area contributed by atoms with E-state index in [1.807, 2.05) is 19.1 Å². The summed E-state index contributed by atoms with van der Waals surface area (Å²) < 4.78 is 5.12. The van der Waals surface area contributed by atoms with Gasteiger partial charge < -0.3 is 25.3 Å². The Hall–Kier alpha value is -3.88. The first-order valence-electron chi connectivity index (χ1n) is 9.79. The number of fused-ring (bicyclic) bond motifs is 1. The maximum Gasteiger partial charge on any atom is 0.329 e. The fraction of sp³-hybridized carbons (Fsp3) is 0.273. The summed E-state index contributed by atoms with van der Waals surface area (Å²) in [7, 11) is 0. The summed E-state index contributed by atoms with van der Waals surface area (Å²) in [5, 5.41) is 5.26. The molecular formula is C22H24N4O5. The Morgan fingerprint density at radius 2 is 1.68 bits per heavy atom. The molecule has 9 heteroatoms. The number of aryl methyl sites for hydroxylation is 1. The Morgan fingerprint density at radius 3 is 2.35 bits per heavy atom. The van der Waals surface area contributed by atoms with Crippen LogP contribution in [0.4, 0.5) is 5.69 Å². The Kier molecular flexibility index (Phi) is 6.54. The molecule has 3 aromatic rings. The van der Waals surface area contributed by atoms with Gasteiger partial charge in [0, 0.05) is 11.3 Å². The topological polar surface area (TPSA) is 133 Å². The van der Waals surface area contributed by atoms with E-state index in [0.717, 1.165) is 5.56 Å². The molecule has 1 aromatic heterocycles. The van der Waals surface area contributed by atoms with Crippen molar-refractivity contribution in [3.05, 3.63) is 64.1 Å². The van der Waals surface area contributed by atoms with Gasteiger partial charge in [-0.2, -0.15) is 0 Å². The summed E-state index contributed by atoms with van der Waals surface area (Å²) in [6.07, 6.45) is 0. The minimum absolute atomic E-state index is 0.238. The average molecular weight is 424 g/mol. The molecule has 9 nitrogen and oxygen atoms in total. The van der Waals surface area contributed by atoms with E-state index >= 15 is 0 Å². The van der Waals surface area contributed by atoms with Crippen LogP contribution in [0.25, 0.3) is 11.0 Å². The van der Waals surface area contributed by atoms with Crippen LogP contribution in [-0.2, 0) is 14.3 Å². The largest absolute Gasteiger partial charge is 0.454 e. The van der Waals surface area contributed by atoms with Gasteiger partial charge in [-0.3, -0.25) is 9.59 Å². The summed E-state index contributed by atoms with van der Waals surface area (Å²) in [4.78, 5) is 53.6. The van der Waals surface area contributed by atoms with Gasteiger partial charge in [0.05, 0.1) is 11.0 Å². The van der Waals surface area contributed by atoms with Gasteiger partial charge in [0.1, 0.15) is 6.04 Å². The highest BCUT2D eigenvalue weighted by Crippen LogP contribution is 2.14. The highest BCUT2D eigenvalue weighted by Gasteiger charge is 2.26. The first-order valence-corrected chi connectivity index (χ1v) is 9.79. The third-order valence-electron chi connectivity index (χ3n) is 4.67. The lowest BCUT2D eigenvalue weighted by atomic mass is 10.0. The first kappa shape index (κ1) is 21.8. The Morgan fingerprint density at radius 1 is 1.00 bits per heavy atom. The molecule has 2 aromatic carbocycles. The standard InChI is InChI=1S/C22H24N4O5/c1-12(2)19(26-20(28)14-6-4-13(3)5-7-14)21(29)31-11-18(27)23-15-8-9-16-17(10-15)25-22(30)24-16/h4-10,12,19H,11H2,1-3H3,(H,23,27)(H,26,28)(H2,24,25,30)/t19-/m0/s1. The second kappa shape index (κ2) is 9.29. The number of aromatic nitrogens is 2. The zero-order chi connectivity index (χ0) is 22.5. The molecule has 0 saturated carbocycles.